The van der Waals surface area contributed by atoms with Crippen molar-refractivity contribution in [3.05, 3.63) is 27.4 Å². The lowest BCUT2D eigenvalue weighted by Gasteiger charge is -2.17. The number of hydrogen-bond donors (Lipinski definition) is 1. The maximum Gasteiger partial charge on any atom is 0.348 e. The molecule has 1 unspecified atom stereocenters. The van der Waals surface area contributed by atoms with Crippen LogP contribution in [0.15, 0.2) is 4.79 Å². The molecule has 0 aliphatic heterocycles. The lowest BCUT2D eigenvalue weighted by Crippen LogP contribution is -2.32. The fourth-order valence-corrected chi connectivity index (χ4v) is 2.98. The number of hydrogen-bond acceptors (Lipinski definition) is 4. The molecule has 0 aliphatic carbocycles. The minimum Gasteiger partial charge on any atom is -0.481 e. The zero-order valence-electron chi connectivity index (χ0n) is 12.7. The summed E-state index contributed by atoms with van der Waals surface area (Å²) in [5.74, 6) is -0.0228. The van der Waals surface area contributed by atoms with E-state index in [1.54, 1.807) is 0 Å². The van der Waals surface area contributed by atoms with Crippen LogP contribution in [0.3, 0.4) is 0 Å². The summed E-state index contributed by atoms with van der Waals surface area (Å²) in [6, 6.07) is 0. The molecular formula is C14H22N2O4S. The number of nitrogens with zero attached hydrogens (tertiary/aromatic N) is 2. The van der Waals surface area contributed by atoms with Gasteiger partial charge in [-0.2, -0.15) is 4.98 Å². The molecule has 0 aromatic carbocycles. The summed E-state index contributed by atoms with van der Waals surface area (Å²) < 4.78 is 13.0. The maximum absolute atomic E-state index is 12.1. The topological polar surface area (TPSA) is 89.3 Å². The van der Waals surface area contributed by atoms with Crippen LogP contribution in [0.25, 0.3) is 0 Å². The maximum atomic E-state index is 12.1. The standard InChI is InChI=1S/C14H22N2O4S/c1-4-11-10(9-13(17)18)12(5-2)16(14(19)15-11)7-8-21(20)6-3/h4-9H2,1-3H3,(H,17,18). The summed E-state index contributed by atoms with van der Waals surface area (Å²) in [7, 11) is -0.974. The predicted molar refractivity (Wildman–Crippen MR) is 82.1 cm³/mol. The number of aromatic nitrogens is 2. The second-order valence-corrected chi connectivity index (χ2v) is 6.49. The van der Waals surface area contributed by atoms with E-state index in [-0.39, 0.29) is 12.1 Å². The average molecular weight is 314 g/mol. The van der Waals surface area contributed by atoms with E-state index in [9.17, 15) is 13.8 Å². The van der Waals surface area contributed by atoms with Crippen molar-refractivity contribution in [1.82, 2.24) is 9.55 Å². The Kier molecular flexibility index (Phi) is 6.74. The van der Waals surface area contributed by atoms with Crippen LogP contribution in [0.1, 0.15) is 37.7 Å². The predicted octanol–water partition coefficient (Wildman–Crippen LogP) is 0.764. The van der Waals surface area contributed by atoms with Crippen LogP contribution >= 0.6 is 0 Å². The van der Waals surface area contributed by atoms with Gasteiger partial charge in [-0.1, -0.05) is 20.8 Å². The highest BCUT2D eigenvalue weighted by atomic mass is 32.2. The zero-order chi connectivity index (χ0) is 16.0. The molecule has 0 saturated carbocycles. The Hall–Kier alpha value is -1.50. The van der Waals surface area contributed by atoms with Crippen LogP contribution in [0, 0.1) is 0 Å². The van der Waals surface area contributed by atoms with E-state index in [0.29, 0.717) is 47.8 Å². The normalized spacial score (nSPS) is 12.3. The third-order valence-corrected chi connectivity index (χ3v) is 4.63. The third-order valence-electron chi connectivity index (χ3n) is 3.35. The van der Waals surface area contributed by atoms with Crippen molar-refractivity contribution in [1.29, 1.82) is 0 Å². The molecule has 1 heterocycles. The fraction of sp³-hybridized carbons (Fsp3) is 0.643. The Morgan fingerprint density at radius 2 is 1.95 bits per heavy atom. The number of carboxylic acid groups (broad SMARTS) is 1. The highest BCUT2D eigenvalue weighted by Crippen LogP contribution is 2.14. The van der Waals surface area contributed by atoms with Crippen molar-refractivity contribution in [2.75, 3.05) is 11.5 Å². The summed E-state index contributed by atoms with van der Waals surface area (Å²) in [4.78, 5) is 27.2. The molecule has 1 aromatic heterocycles. The summed E-state index contributed by atoms with van der Waals surface area (Å²) >= 11 is 0. The van der Waals surface area contributed by atoms with Crippen molar-refractivity contribution in [2.24, 2.45) is 0 Å². The Morgan fingerprint density at radius 1 is 1.29 bits per heavy atom. The first kappa shape index (κ1) is 17.6. The Balaban J connectivity index is 3.32. The number of aliphatic carboxylic acids is 1. The SMILES string of the molecule is CCc1nc(=O)n(CCS(=O)CC)c(CC)c1CC(=O)O. The van der Waals surface area contributed by atoms with Gasteiger partial charge in [0.15, 0.2) is 0 Å². The minimum absolute atomic E-state index is 0.142. The molecular weight excluding hydrogens is 292 g/mol. The highest BCUT2D eigenvalue weighted by Gasteiger charge is 2.17. The zero-order valence-corrected chi connectivity index (χ0v) is 13.5. The second-order valence-electron chi connectivity index (χ2n) is 4.63. The molecule has 0 bridgehead atoms. The molecule has 0 amide bonds. The Morgan fingerprint density at radius 3 is 2.43 bits per heavy atom. The lowest BCUT2D eigenvalue weighted by atomic mass is 10.0. The van der Waals surface area contributed by atoms with Crippen LogP contribution in [-0.4, -0.2) is 36.3 Å². The summed E-state index contributed by atoms with van der Waals surface area (Å²) in [5, 5.41) is 9.06. The van der Waals surface area contributed by atoms with Crippen LogP contribution in [0.2, 0.25) is 0 Å². The van der Waals surface area contributed by atoms with Gasteiger partial charge in [-0.05, 0) is 12.8 Å². The lowest BCUT2D eigenvalue weighted by molar-refractivity contribution is -0.136. The van der Waals surface area contributed by atoms with Gasteiger partial charge >= 0.3 is 11.7 Å². The average Bonchev–Trinajstić information content (AvgIpc) is 2.45. The van der Waals surface area contributed by atoms with E-state index in [2.05, 4.69) is 4.98 Å². The first-order chi connectivity index (χ1) is 9.94. The summed E-state index contributed by atoms with van der Waals surface area (Å²) in [6.07, 6.45) is 0.926. The summed E-state index contributed by atoms with van der Waals surface area (Å²) in [6.45, 7) is 5.87. The van der Waals surface area contributed by atoms with Crippen LogP contribution in [0.5, 0.6) is 0 Å². The first-order valence-electron chi connectivity index (χ1n) is 7.12. The summed E-state index contributed by atoms with van der Waals surface area (Å²) in [5.41, 5.74) is 1.48. The molecule has 1 N–H and O–H groups in total. The van der Waals surface area contributed by atoms with Gasteiger partial charge < -0.3 is 5.11 Å². The fourth-order valence-electron chi connectivity index (χ4n) is 2.31. The van der Waals surface area contributed by atoms with Crippen molar-refractivity contribution in [3.8, 4) is 0 Å². The van der Waals surface area contributed by atoms with Crippen molar-refractivity contribution >= 4 is 16.8 Å². The molecule has 7 heteroatoms. The van der Waals surface area contributed by atoms with Gasteiger partial charge in [-0.3, -0.25) is 13.6 Å². The van der Waals surface area contributed by atoms with Gasteiger partial charge in [0.1, 0.15) is 0 Å². The Bertz CT molecular complexity index is 595. The molecule has 0 fully saturated rings. The van der Waals surface area contributed by atoms with Crippen molar-refractivity contribution < 1.29 is 14.1 Å². The van der Waals surface area contributed by atoms with Gasteiger partial charge in [-0.15, -0.1) is 0 Å². The molecule has 118 valence electrons. The molecule has 1 atom stereocenters. The van der Waals surface area contributed by atoms with E-state index in [0.717, 1.165) is 0 Å². The van der Waals surface area contributed by atoms with Crippen LogP contribution < -0.4 is 5.69 Å². The smallest absolute Gasteiger partial charge is 0.348 e. The van der Waals surface area contributed by atoms with Gasteiger partial charge in [-0.25, -0.2) is 4.79 Å². The Labute approximate surface area is 126 Å². The van der Waals surface area contributed by atoms with Gasteiger partial charge in [0.05, 0.1) is 12.1 Å². The van der Waals surface area contributed by atoms with Crippen LogP contribution in [-0.2, 0) is 41.4 Å². The number of carboxylic acids is 1. The minimum atomic E-state index is -0.974. The molecule has 0 spiro atoms. The van der Waals surface area contributed by atoms with E-state index < -0.39 is 16.8 Å². The second kappa shape index (κ2) is 8.07. The quantitative estimate of drug-likeness (QED) is 0.765. The van der Waals surface area contributed by atoms with Crippen molar-refractivity contribution in [2.45, 2.75) is 46.6 Å². The highest BCUT2D eigenvalue weighted by molar-refractivity contribution is 7.84. The molecule has 1 aromatic rings. The molecule has 0 saturated heterocycles. The van der Waals surface area contributed by atoms with E-state index in [1.807, 2.05) is 20.8 Å². The number of rotatable bonds is 8. The monoisotopic (exact) mass is 314 g/mol. The van der Waals surface area contributed by atoms with Crippen LogP contribution in [0.4, 0.5) is 0 Å². The van der Waals surface area contributed by atoms with Gasteiger partial charge in [0.2, 0.25) is 0 Å². The number of aryl methyl sites for hydroxylation is 1. The largest absolute Gasteiger partial charge is 0.481 e. The van der Waals surface area contributed by atoms with Gasteiger partial charge in [0, 0.05) is 40.1 Å². The third kappa shape index (κ3) is 4.49. The molecule has 1 rings (SSSR count). The molecule has 21 heavy (non-hydrogen) atoms. The van der Waals surface area contributed by atoms with Gasteiger partial charge in [0.25, 0.3) is 0 Å². The number of carbonyl (C=O) groups is 1. The van der Waals surface area contributed by atoms with E-state index in [4.69, 9.17) is 5.11 Å². The molecule has 0 radical (unpaired) electrons. The van der Waals surface area contributed by atoms with E-state index in [1.165, 1.54) is 4.57 Å². The van der Waals surface area contributed by atoms with E-state index >= 15 is 0 Å². The first-order valence-corrected chi connectivity index (χ1v) is 8.61. The molecule has 6 nitrogen and oxygen atoms in total. The van der Waals surface area contributed by atoms with Crippen molar-refractivity contribution in [3.63, 3.8) is 0 Å². The molecule has 0 aliphatic rings.